The van der Waals surface area contributed by atoms with E-state index < -0.39 is 0 Å². The highest BCUT2D eigenvalue weighted by Gasteiger charge is 2.23. The number of nitrogens with zero attached hydrogens (tertiary/aromatic N) is 2. The van der Waals surface area contributed by atoms with Crippen LogP contribution >= 0.6 is 15.9 Å². The van der Waals surface area contributed by atoms with Gasteiger partial charge in [0.25, 0.3) is 0 Å². The van der Waals surface area contributed by atoms with Gasteiger partial charge in [-0.1, -0.05) is 0 Å². The van der Waals surface area contributed by atoms with Crippen molar-refractivity contribution < 1.29 is 9.53 Å². The molecule has 0 atom stereocenters. The third-order valence-corrected chi connectivity index (χ3v) is 4.29. The van der Waals surface area contributed by atoms with E-state index in [1.54, 1.807) is 26.1 Å². The normalized spacial score (nSPS) is 15.7. The molecule has 0 saturated carbocycles. The SMILES string of the molecule is COc1ccc(NC2CCN(C(=O)N(C)C)CC2)cc1Br. The first kappa shape index (κ1) is 15.9. The van der Waals surface area contributed by atoms with Gasteiger partial charge in [-0.15, -0.1) is 0 Å². The van der Waals surface area contributed by atoms with E-state index in [1.807, 2.05) is 23.1 Å². The zero-order valence-electron chi connectivity index (χ0n) is 12.7. The van der Waals surface area contributed by atoms with Crippen LogP contribution in [-0.4, -0.2) is 56.2 Å². The molecule has 1 fully saturated rings. The number of halogens is 1. The number of amides is 2. The number of ether oxygens (including phenoxy) is 1. The van der Waals surface area contributed by atoms with Gasteiger partial charge in [0.2, 0.25) is 0 Å². The van der Waals surface area contributed by atoms with Crippen molar-refractivity contribution in [1.29, 1.82) is 0 Å². The summed E-state index contributed by atoms with van der Waals surface area (Å²) >= 11 is 3.49. The summed E-state index contributed by atoms with van der Waals surface area (Å²) in [5.41, 5.74) is 1.07. The Balaban J connectivity index is 1.89. The molecular weight excluding hydrogens is 334 g/mol. The summed E-state index contributed by atoms with van der Waals surface area (Å²) in [6.07, 6.45) is 1.92. The van der Waals surface area contributed by atoms with E-state index in [2.05, 4.69) is 21.2 Å². The Morgan fingerprint density at radius 2 is 2.05 bits per heavy atom. The number of benzene rings is 1. The van der Waals surface area contributed by atoms with Crippen molar-refractivity contribution in [1.82, 2.24) is 9.80 Å². The average molecular weight is 356 g/mol. The number of rotatable bonds is 3. The lowest BCUT2D eigenvalue weighted by atomic mass is 10.0. The first-order valence-corrected chi connectivity index (χ1v) is 7.87. The van der Waals surface area contributed by atoms with Crippen LogP contribution in [0.15, 0.2) is 22.7 Å². The molecule has 1 saturated heterocycles. The fraction of sp³-hybridized carbons (Fsp3) is 0.533. The second kappa shape index (κ2) is 7.02. The minimum atomic E-state index is 0.0978. The number of carbonyl (C=O) groups is 1. The van der Waals surface area contributed by atoms with Crippen molar-refractivity contribution in [2.75, 3.05) is 39.6 Å². The summed E-state index contributed by atoms with van der Waals surface area (Å²) in [5, 5.41) is 3.52. The van der Waals surface area contributed by atoms with Gasteiger partial charge in [-0.3, -0.25) is 0 Å². The number of hydrogen-bond donors (Lipinski definition) is 1. The van der Waals surface area contributed by atoms with Crippen LogP contribution in [0.25, 0.3) is 0 Å². The zero-order valence-corrected chi connectivity index (χ0v) is 14.3. The predicted octanol–water partition coefficient (Wildman–Crippen LogP) is 3.02. The monoisotopic (exact) mass is 355 g/mol. The average Bonchev–Trinajstić information content (AvgIpc) is 2.47. The second-order valence-corrected chi connectivity index (χ2v) is 6.29. The topological polar surface area (TPSA) is 44.8 Å². The summed E-state index contributed by atoms with van der Waals surface area (Å²) in [6, 6.07) is 6.48. The Morgan fingerprint density at radius 3 is 2.57 bits per heavy atom. The summed E-state index contributed by atoms with van der Waals surface area (Å²) < 4.78 is 6.17. The molecule has 1 heterocycles. The molecule has 0 aliphatic carbocycles. The third kappa shape index (κ3) is 4.03. The number of methoxy groups -OCH3 is 1. The van der Waals surface area contributed by atoms with E-state index in [9.17, 15) is 4.79 Å². The zero-order chi connectivity index (χ0) is 15.4. The van der Waals surface area contributed by atoms with Crippen LogP contribution in [0.3, 0.4) is 0 Å². The number of carbonyl (C=O) groups excluding carboxylic acids is 1. The van der Waals surface area contributed by atoms with E-state index >= 15 is 0 Å². The van der Waals surface area contributed by atoms with Crippen molar-refractivity contribution in [3.05, 3.63) is 22.7 Å². The fourth-order valence-corrected chi connectivity index (χ4v) is 3.03. The molecule has 1 N–H and O–H groups in total. The molecular formula is C15H22BrN3O2. The Kier molecular flexibility index (Phi) is 5.33. The summed E-state index contributed by atoms with van der Waals surface area (Å²) in [4.78, 5) is 15.4. The molecule has 2 rings (SSSR count). The van der Waals surface area contributed by atoms with Crippen LogP contribution in [-0.2, 0) is 0 Å². The summed E-state index contributed by atoms with van der Waals surface area (Å²) in [7, 11) is 5.24. The summed E-state index contributed by atoms with van der Waals surface area (Å²) in [5.74, 6) is 0.826. The fourth-order valence-electron chi connectivity index (χ4n) is 2.49. The molecule has 1 aliphatic heterocycles. The predicted molar refractivity (Wildman–Crippen MR) is 88.0 cm³/mol. The van der Waals surface area contributed by atoms with Crippen molar-refractivity contribution in [3.63, 3.8) is 0 Å². The minimum Gasteiger partial charge on any atom is -0.496 e. The molecule has 1 aliphatic rings. The lowest BCUT2D eigenvalue weighted by molar-refractivity contribution is 0.158. The molecule has 116 valence electrons. The van der Waals surface area contributed by atoms with Crippen molar-refractivity contribution >= 4 is 27.6 Å². The van der Waals surface area contributed by atoms with Crippen molar-refractivity contribution in [2.24, 2.45) is 0 Å². The third-order valence-electron chi connectivity index (χ3n) is 3.67. The van der Waals surface area contributed by atoms with Gasteiger partial charge in [0, 0.05) is 38.9 Å². The Hall–Kier alpha value is -1.43. The van der Waals surface area contributed by atoms with Gasteiger partial charge in [-0.2, -0.15) is 0 Å². The van der Waals surface area contributed by atoms with Gasteiger partial charge in [0.05, 0.1) is 11.6 Å². The largest absolute Gasteiger partial charge is 0.496 e. The van der Waals surface area contributed by atoms with Gasteiger partial charge < -0.3 is 19.9 Å². The van der Waals surface area contributed by atoms with Gasteiger partial charge in [-0.05, 0) is 47.0 Å². The van der Waals surface area contributed by atoms with Gasteiger partial charge in [-0.25, -0.2) is 4.79 Å². The molecule has 2 amide bonds. The van der Waals surface area contributed by atoms with Crippen molar-refractivity contribution in [2.45, 2.75) is 18.9 Å². The lowest BCUT2D eigenvalue weighted by Gasteiger charge is -2.34. The van der Waals surface area contributed by atoms with E-state index in [4.69, 9.17) is 4.74 Å². The van der Waals surface area contributed by atoms with Crippen molar-refractivity contribution in [3.8, 4) is 5.75 Å². The van der Waals surface area contributed by atoms with E-state index in [0.717, 1.165) is 41.8 Å². The van der Waals surface area contributed by atoms with Crippen LogP contribution < -0.4 is 10.1 Å². The smallest absolute Gasteiger partial charge is 0.319 e. The molecule has 6 heteroatoms. The number of urea groups is 1. The van der Waals surface area contributed by atoms with Crippen LogP contribution in [0.1, 0.15) is 12.8 Å². The number of nitrogens with one attached hydrogen (secondary N) is 1. The Labute approximate surface area is 134 Å². The van der Waals surface area contributed by atoms with E-state index in [-0.39, 0.29) is 6.03 Å². The van der Waals surface area contributed by atoms with Gasteiger partial charge in [0.15, 0.2) is 0 Å². The van der Waals surface area contributed by atoms with E-state index in [0.29, 0.717) is 6.04 Å². The molecule has 5 nitrogen and oxygen atoms in total. The number of hydrogen-bond acceptors (Lipinski definition) is 3. The van der Waals surface area contributed by atoms with Gasteiger partial charge >= 0.3 is 6.03 Å². The van der Waals surface area contributed by atoms with E-state index in [1.165, 1.54) is 0 Å². The van der Waals surface area contributed by atoms with Crippen LogP contribution in [0, 0.1) is 0 Å². The van der Waals surface area contributed by atoms with Crippen LogP contribution in [0.2, 0.25) is 0 Å². The maximum absolute atomic E-state index is 11.9. The molecule has 0 unspecified atom stereocenters. The maximum atomic E-state index is 11.9. The summed E-state index contributed by atoms with van der Waals surface area (Å²) in [6.45, 7) is 1.60. The number of anilines is 1. The number of likely N-dealkylation sites (tertiary alicyclic amines) is 1. The van der Waals surface area contributed by atoms with Crippen LogP contribution in [0.5, 0.6) is 5.75 Å². The molecule has 0 spiro atoms. The van der Waals surface area contributed by atoms with Crippen LogP contribution in [0.4, 0.5) is 10.5 Å². The lowest BCUT2D eigenvalue weighted by Crippen LogP contribution is -2.46. The standard InChI is InChI=1S/C15H22BrN3O2/c1-18(2)15(20)19-8-6-11(7-9-19)17-12-4-5-14(21-3)13(16)10-12/h4-5,10-11,17H,6-9H2,1-3H3. The highest BCUT2D eigenvalue weighted by Crippen LogP contribution is 2.28. The molecule has 0 aromatic heterocycles. The second-order valence-electron chi connectivity index (χ2n) is 5.43. The highest BCUT2D eigenvalue weighted by molar-refractivity contribution is 9.10. The molecule has 1 aromatic carbocycles. The first-order chi connectivity index (χ1) is 10.0. The maximum Gasteiger partial charge on any atom is 0.319 e. The minimum absolute atomic E-state index is 0.0978. The highest BCUT2D eigenvalue weighted by atomic mass is 79.9. The molecule has 0 bridgehead atoms. The number of piperidine rings is 1. The molecule has 1 aromatic rings. The molecule has 21 heavy (non-hydrogen) atoms. The molecule has 0 radical (unpaired) electrons. The first-order valence-electron chi connectivity index (χ1n) is 7.07. The van der Waals surface area contributed by atoms with Gasteiger partial charge in [0.1, 0.15) is 5.75 Å². The Bertz CT molecular complexity index is 500. The quantitative estimate of drug-likeness (QED) is 0.906. The Morgan fingerprint density at radius 1 is 1.38 bits per heavy atom.